The Hall–Kier alpha value is -3.39. The number of ketones is 4. The summed E-state index contributed by atoms with van der Waals surface area (Å²) in [4.78, 5) is 63.3. The van der Waals surface area contributed by atoms with Crippen LogP contribution in [0.1, 0.15) is 29.4 Å². The smallest absolute Gasteiger partial charge is 0.305 e. The van der Waals surface area contributed by atoms with Gasteiger partial charge in [-0.15, -0.1) is 0 Å². The predicted octanol–water partition coefficient (Wildman–Crippen LogP) is 2.00. The second-order valence-electron chi connectivity index (χ2n) is 7.63. The number of benzene rings is 1. The van der Waals surface area contributed by atoms with E-state index in [1.54, 1.807) is 18.2 Å². The fraction of sp³-hybridized carbons (Fsp3) is 0.174. The number of carbonyl (C=O) groups is 5. The highest BCUT2D eigenvalue weighted by Gasteiger charge is 2.54. The molecule has 1 aromatic rings. The number of hydrogen-bond acceptors (Lipinski definition) is 6. The van der Waals surface area contributed by atoms with Gasteiger partial charge in [0.1, 0.15) is 5.70 Å². The molecule has 0 aliphatic heterocycles. The maximum atomic E-state index is 13.5. The Kier molecular flexibility index (Phi) is 4.30. The molecule has 0 spiro atoms. The molecule has 31 heavy (non-hydrogen) atoms. The van der Waals surface area contributed by atoms with Crippen molar-refractivity contribution in [2.75, 3.05) is 6.54 Å². The Labute approximate surface area is 184 Å². The maximum Gasteiger partial charge on any atom is 0.305 e. The van der Waals surface area contributed by atoms with E-state index in [-0.39, 0.29) is 57.0 Å². The molecule has 7 nitrogen and oxygen atoms in total. The van der Waals surface area contributed by atoms with Gasteiger partial charge < -0.3 is 10.4 Å². The van der Waals surface area contributed by atoms with Crippen molar-refractivity contribution in [1.29, 1.82) is 0 Å². The van der Waals surface area contributed by atoms with Crippen LogP contribution in [0.2, 0.25) is 0 Å². The van der Waals surface area contributed by atoms with Crippen LogP contribution in [0.15, 0.2) is 68.9 Å². The lowest BCUT2D eigenvalue weighted by molar-refractivity contribution is -0.137. The first-order chi connectivity index (χ1) is 14.8. The number of hydrogen-bond donors (Lipinski definition) is 2. The molecule has 0 aromatic heterocycles. The molecule has 0 radical (unpaired) electrons. The van der Waals surface area contributed by atoms with Crippen LogP contribution >= 0.6 is 15.9 Å². The molecule has 8 heteroatoms. The van der Waals surface area contributed by atoms with Gasteiger partial charge in [0.25, 0.3) is 0 Å². The molecule has 5 aliphatic carbocycles. The fourth-order valence-electron chi connectivity index (χ4n) is 4.88. The Morgan fingerprint density at radius 3 is 1.90 bits per heavy atom. The van der Waals surface area contributed by atoms with Crippen molar-refractivity contribution in [2.45, 2.75) is 18.3 Å². The molecule has 6 rings (SSSR count). The third-order valence-corrected chi connectivity index (χ3v) is 6.80. The van der Waals surface area contributed by atoms with Gasteiger partial charge in [-0.3, -0.25) is 24.0 Å². The molecular weight excluding hydrogens is 466 g/mol. The second-order valence-corrected chi connectivity index (χ2v) is 8.42. The van der Waals surface area contributed by atoms with Crippen molar-refractivity contribution >= 4 is 45.0 Å². The zero-order chi connectivity index (χ0) is 22.0. The lowest BCUT2D eigenvalue weighted by atomic mass is 9.56. The van der Waals surface area contributed by atoms with E-state index in [0.29, 0.717) is 0 Å². The van der Waals surface area contributed by atoms with Gasteiger partial charge in [0, 0.05) is 40.7 Å². The van der Waals surface area contributed by atoms with Crippen molar-refractivity contribution in [2.24, 2.45) is 0 Å². The van der Waals surface area contributed by atoms with Crippen molar-refractivity contribution in [3.8, 4) is 0 Å². The highest BCUT2D eigenvalue weighted by molar-refractivity contribution is 9.12. The second kappa shape index (κ2) is 6.81. The predicted molar refractivity (Wildman–Crippen MR) is 111 cm³/mol. The third-order valence-electron chi connectivity index (χ3n) is 6.05. The Bertz CT molecular complexity index is 1280. The third kappa shape index (κ3) is 2.61. The van der Waals surface area contributed by atoms with Gasteiger partial charge in [0.05, 0.1) is 10.9 Å². The van der Waals surface area contributed by atoms with E-state index in [0.717, 1.165) is 11.1 Å². The molecule has 0 fully saturated rings. The molecule has 2 N–H and O–H groups in total. The molecule has 5 aliphatic rings. The van der Waals surface area contributed by atoms with Crippen LogP contribution in [-0.2, 0) is 24.0 Å². The number of Topliss-reactive ketones (excluding diaryl/α,β-unsaturated/α-hetero) is 2. The van der Waals surface area contributed by atoms with E-state index in [2.05, 4.69) is 21.2 Å². The highest BCUT2D eigenvalue weighted by atomic mass is 79.9. The summed E-state index contributed by atoms with van der Waals surface area (Å²) in [6.45, 7) is -0.0415. The molecule has 154 valence electrons. The highest BCUT2D eigenvalue weighted by Crippen LogP contribution is 2.58. The number of aliphatic carboxylic acids is 1. The van der Waals surface area contributed by atoms with Gasteiger partial charge in [-0.2, -0.15) is 0 Å². The normalized spacial score (nSPS) is 23.9. The molecule has 1 aromatic carbocycles. The van der Waals surface area contributed by atoms with Crippen LogP contribution in [0.25, 0.3) is 0 Å². The number of halogens is 1. The number of carboxylic acids is 1. The van der Waals surface area contributed by atoms with Crippen molar-refractivity contribution in [1.82, 2.24) is 5.32 Å². The molecule has 0 saturated heterocycles. The first-order valence-electron chi connectivity index (χ1n) is 9.61. The van der Waals surface area contributed by atoms with E-state index < -0.39 is 29.4 Å². The van der Waals surface area contributed by atoms with Crippen LogP contribution in [0.3, 0.4) is 0 Å². The first kappa shape index (κ1) is 19.6. The van der Waals surface area contributed by atoms with E-state index in [1.807, 2.05) is 6.07 Å². The average molecular weight is 480 g/mol. The Morgan fingerprint density at radius 1 is 0.871 bits per heavy atom. The molecular formula is C23H14BrNO6. The van der Waals surface area contributed by atoms with Gasteiger partial charge in [-0.25, -0.2) is 0 Å². The Morgan fingerprint density at radius 2 is 1.39 bits per heavy atom. The molecule has 2 atom stereocenters. The van der Waals surface area contributed by atoms with Crippen molar-refractivity contribution in [3.05, 3.63) is 80.0 Å². The average Bonchev–Trinajstić information content (AvgIpc) is 2.76. The zero-order valence-electron chi connectivity index (χ0n) is 15.9. The SMILES string of the molecule is O=C(O)CCNC1=C(Br)C(=O)C2=C(C1=O)[C@H]1C3=C(C(=O)C=CC3=O)[C@@H]2c2ccccc21. The van der Waals surface area contributed by atoms with Crippen LogP contribution in [0.5, 0.6) is 0 Å². The van der Waals surface area contributed by atoms with Crippen LogP contribution < -0.4 is 5.32 Å². The van der Waals surface area contributed by atoms with E-state index in [9.17, 15) is 24.0 Å². The van der Waals surface area contributed by atoms with Crippen molar-refractivity contribution in [3.63, 3.8) is 0 Å². The number of carbonyl (C=O) groups excluding carboxylic acids is 4. The quantitative estimate of drug-likeness (QED) is 0.634. The van der Waals surface area contributed by atoms with Gasteiger partial charge in [0.15, 0.2) is 17.3 Å². The molecule has 2 bridgehead atoms. The molecule has 0 heterocycles. The topological polar surface area (TPSA) is 118 Å². The summed E-state index contributed by atoms with van der Waals surface area (Å²) in [5, 5.41) is 11.6. The molecule has 0 amide bonds. The lowest BCUT2D eigenvalue weighted by Crippen LogP contribution is -2.43. The molecule has 0 saturated carbocycles. The minimum Gasteiger partial charge on any atom is -0.481 e. The standard InChI is InChI=1S/C23H14BrNO6/c24-20-21(25-8-7-13(28)29)23(31)19-15-10-4-2-1-3-9(10)14(18(19)22(20)30)16-11(26)5-6-12(27)17(15)16/h1-6,14-15,25H,7-8H2,(H,28,29)/t14-,15+/m0/s1. The number of allylic oxidation sites excluding steroid dienone is 7. The van der Waals surface area contributed by atoms with Crippen LogP contribution in [-0.4, -0.2) is 40.8 Å². The first-order valence-corrected chi connectivity index (χ1v) is 10.4. The van der Waals surface area contributed by atoms with Crippen molar-refractivity contribution < 1.29 is 29.1 Å². The summed E-state index contributed by atoms with van der Waals surface area (Å²) < 4.78 is -0.000975. The van der Waals surface area contributed by atoms with Crippen LogP contribution in [0.4, 0.5) is 0 Å². The minimum atomic E-state index is -1.04. The maximum absolute atomic E-state index is 13.5. The fourth-order valence-corrected chi connectivity index (χ4v) is 5.41. The van der Waals surface area contributed by atoms with Gasteiger partial charge in [-0.1, -0.05) is 24.3 Å². The number of rotatable bonds is 4. The van der Waals surface area contributed by atoms with Gasteiger partial charge in [0.2, 0.25) is 5.78 Å². The Balaban J connectivity index is 1.68. The zero-order valence-corrected chi connectivity index (χ0v) is 17.5. The number of carboxylic acid groups (broad SMARTS) is 1. The monoisotopic (exact) mass is 479 g/mol. The summed E-state index contributed by atoms with van der Waals surface area (Å²) in [5.41, 5.74) is 2.35. The van der Waals surface area contributed by atoms with E-state index in [1.165, 1.54) is 12.2 Å². The van der Waals surface area contributed by atoms with Crippen LogP contribution in [0, 0.1) is 0 Å². The van der Waals surface area contributed by atoms with Gasteiger partial charge >= 0.3 is 5.97 Å². The molecule has 0 unspecified atom stereocenters. The summed E-state index contributed by atoms with van der Waals surface area (Å²) in [6.07, 6.45) is 2.18. The summed E-state index contributed by atoms with van der Waals surface area (Å²) in [6, 6.07) is 7.20. The summed E-state index contributed by atoms with van der Waals surface area (Å²) in [5.74, 6) is -4.26. The summed E-state index contributed by atoms with van der Waals surface area (Å²) in [7, 11) is 0. The van der Waals surface area contributed by atoms with E-state index in [4.69, 9.17) is 5.11 Å². The largest absolute Gasteiger partial charge is 0.481 e. The number of nitrogens with one attached hydrogen (secondary N) is 1. The lowest BCUT2D eigenvalue weighted by Gasteiger charge is -2.44. The minimum absolute atomic E-state index is 0.000975. The van der Waals surface area contributed by atoms with E-state index >= 15 is 0 Å². The summed E-state index contributed by atoms with van der Waals surface area (Å²) >= 11 is 3.20. The van der Waals surface area contributed by atoms with Gasteiger partial charge in [-0.05, 0) is 39.2 Å².